The summed E-state index contributed by atoms with van der Waals surface area (Å²) in [6.45, 7) is 0. The smallest absolute Gasteiger partial charge is 0.232 e. The Morgan fingerprint density at radius 3 is 2.67 bits per heavy atom. The Morgan fingerprint density at radius 1 is 1.27 bits per heavy atom. The molecule has 0 radical (unpaired) electrons. The monoisotopic (exact) mass is 259 g/mol. The van der Waals surface area contributed by atoms with Gasteiger partial charge in [0.05, 0.1) is 10.0 Å². The highest BCUT2D eigenvalue weighted by Gasteiger charge is 2.04. The molecule has 1 aromatic carbocycles. The molecule has 0 aliphatic rings. The molecule has 0 fully saturated rings. The summed E-state index contributed by atoms with van der Waals surface area (Å²) in [4.78, 5) is 4.07. The first-order valence-electron chi connectivity index (χ1n) is 4.17. The van der Waals surface area contributed by atoms with Crippen molar-refractivity contribution >= 4 is 40.7 Å². The van der Waals surface area contributed by atoms with Gasteiger partial charge in [-0.25, -0.2) is 4.98 Å². The van der Waals surface area contributed by atoms with E-state index in [4.69, 9.17) is 28.9 Å². The fourth-order valence-electron chi connectivity index (χ4n) is 1.16. The molecule has 6 heteroatoms. The van der Waals surface area contributed by atoms with E-state index in [0.29, 0.717) is 22.4 Å². The van der Waals surface area contributed by atoms with Crippen LogP contribution in [-0.4, -0.2) is 9.36 Å². The van der Waals surface area contributed by atoms with Crippen LogP contribution in [0.2, 0.25) is 10.0 Å². The number of nitrogens with zero attached hydrogens (tertiary/aromatic N) is 2. The molecule has 0 aliphatic heterocycles. The molecular weight excluding hydrogens is 253 g/mol. The van der Waals surface area contributed by atoms with Gasteiger partial charge < -0.3 is 5.73 Å². The van der Waals surface area contributed by atoms with Crippen LogP contribution < -0.4 is 5.73 Å². The Bertz CT molecular complexity index is 484. The SMILES string of the molecule is Nc1nsc(Cc2ccc(Cl)c(Cl)c2)n1. The average molecular weight is 260 g/mol. The van der Waals surface area contributed by atoms with E-state index >= 15 is 0 Å². The maximum Gasteiger partial charge on any atom is 0.232 e. The summed E-state index contributed by atoms with van der Waals surface area (Å²) in [6, 6.07) is 5.50. The molecular formula is C9H7Cl2N3S. The Labute approximate surface area is 101 Å². The van der Waals surface area contributed by atoms with E-state index in [1.165, 1.54) is 11.5 Å². The van der Waals surface area contributed by atoms with E-state index in [-0.39, 0.29) is 0 Å². The second-order valence-electron chi connectivity index (χ2n) is 2.97. The van der Waals surface area contributed by atoms with Gasteiger partial charge in [0, 0.05) is 6.42 Å². The van der Waals surface area contributed by atoms with Crippen molar-refractivity contribution in [3.05, 3.63) is 38.8 Å². The lowest BCUT2D eigenvalue weighted by molar-refractivity contribution is 1.14. The van der Waals surface area contributed by atoms with E-state index in [0.717, 1.165) is 10.6 Å². The van der Waals surface area contributed by atoms with Gasteiger partial charge >= 0.3 is 0 Å². The lowest BCUT2D eigenvalue weighted by atomic mass is 10.2. The number of benzene rings is 1. The number of halogens is 2. The van der Waals surface area contributed by atoms with Crippen LogP contribution in [-0.2, 0) is 6.42 Å². The number of hydrogen-bond acceptors (Lipinski definition) is 4. The topological polar surface area (TPSA) is 51.8 Å². The fraction of sp³-hybridized carbons (Fsp3) is 0.111. The van der Waals surface area contributed by atoms with E-state index in [1.807, 2.05) is 12.1 Å². The molecule has 2 rings (SSSR count). The van der Waals surface area contributed by atoms with E-state index in [9.17, 15) is 0 Å². The molecule has 0 bridgehead atoms. The van der Waals surface area contributed by atoms with Crippen LogP contribution in [0.4, 0.5) is 5.95 Å². The lowest BCUT2D eigenvalue weighted by Gasteiger charge is -1.99. The molecule has 0 saturated heterocycles. The Hall–Kier alpha value is -0.840. The second-order valence-corrected chi connectivity index (χ2v) is 4.62. The molecule has 3 nitrogen and oxygen atoms in total. The van der Waals surface area contributed by atoms with Crippen molar-refractivity contribution in [1.82, 2.24) is 9.36 Å². The Morgan fingerprint density at radius 2 is 2.07 bits per heavy atom. The predicted octanol–water partition coefficient (Wildman–Crippen LogP) is 3.02. The maximum absolute atomic E-state index is 5.90. The van der Waals surface area contributed by atoms with Crippen molar-refractivity contribution in [3.63, 3.8) is 0 Å². The molecule has 2 N–H and O–H groups in total. The van der Waals surface area contributed by atoms with Crippen LogP contribution in [0.25, 0.3) is 0 Å². The number of nitrogen functional groups attached to an aromatic ring is 1. The number of aromatic nitrogens is 2. The van der Waals surface area contributed by atoms with Crippen LogP contribution >= 0.6 is 34.7 Å². The highest BCUT2D eigenvalue weighted by atomic mass is 35.5. The van der Waals surface area contributed by atoms with Crippen molar-refractivity contribution in [2.45, 2.75) is 6.42 Å². The van der Waals surface area contributed by atoms with Crippen LogP contribution in [0, 0.1) is 0 Å². The molecule has 0 atom stereocenters. The molecule has 0 aliphatic carbocycles. The minimum Gasteiger partial charge on any atom is -0.367 e. The zero-order valence-corrected chi connectivity index (χ0v) is 9.90. The van der Waals surface area contributed by atoms with Crippen molar-refractivity contribution in [2.24, 2.45) is 0 Å². The van der Waals surface area contributed by atoms with E-state index in [2.05, 4.69) is 9.36 Å². The van der Waals surface area contributed by atoms with E-state index in [1.54, 1.807) is 6.07 Å². The second kappa shape index (κ2) is 4.35. The molecule has 15 heavy (non-hydrogen) atoms. The number of nitrogens with two attached hydrogens (primary N) is 1. The third-order valence-corrected chi connectivity index (χ3v) is 3.29. The maximum atomic E-state index is 5.90. The van der Waals surface area contributed by atoms with Crippen LogP contribution in [0.5, 0.6) is 0 Å². The standard InChI is InChI=1S/C9H7Cl2N3S/c10-6-2-1-5(3-7(6)11)4-8-13-9(12)14-15-8/h1-3H,4H2,(H2,12,14). The minimum absolute atomic E-state index is 0.315. The van der Waals surface area contributed by atoms with Crippen molar-refractivity contribution in [3.8, 4) is 0 Å². The molecule has 0 amide bonds. The summed E-state index contributed by atoms with van der Waals surface area (Å²) in [5, 5.41) is 1.97. The summed E-state index contributed by atoms with van der Waals surface area (Å²) in [6.07, 6.45) is 0.672. The van der Waals surface area contributed by atoms with Gasteiger partial charge in [0.15, 0.2) is 0 Å². The quantitative estimate of drug-likeness (QED) is 0.902. The summed E-state index contributed by atoms with van der Waals surface area (Å²) >= 11 is 13.0. The zero-order valence-electron chi connectivity index (χ0n) is 7.58. The Balaban J connectivity index is 2.21. The minimum atomic E-state index is 0.315. The molecule has 0 spiro atoms. The van der Waals surface area contributed by atoms with Gasteiger partial charge in [0.25, 0.3) is 0 Å². The highest BCUT2D eigenvalue weighted by molar-refractivity contribution is 7.05. The van der Waals surface area contributed by atoms with Gasteiger partial charge in [-0.1, -0.05) is 29.3 Å². The average Bonchev–Trinajstić information content (AvgIpc) is 2.58. The zero-order chi connectivity index (χ0) is 10.8. The molecule has 78 valence electrons. The highest BCUT2D eigenvalue weighted by Crippen LogP contribution is 2.24. The molecule has 0 saturated carbocycles. The van der Waals surface area contributed by atoms with Crippen LogP contribution in [0.3, 0.4) is 0 Å². The first-order valence-corrected chi connectivity index (χ1v) is 5.70. The van der Waals surface area contributed by atoms with Crippen LogP contribution in [0.1, 0.15) is 10.6 Å². The third-order valence-electron chi connectivity index (χ3n) is 1.82. The Kier molecular flexibility index (Phi) is 3.09. The molecule has 1 heterocycles. The largest absolute Gasteiger partial charge is 0.367 e. The van der Waals surface area contributed by atoms with Gasteiger partial charge in [0.2, 0.25) is 5.95 Å². The van der Waals surface area contributed by atoms with Gasteiger partial charge in [-0.05, 0) is 29.2 Å². The number of rotatable bonds is 2. The van der Waals surface area contributed by atoms with Crippen LogP contribution in [0.15, 0.2) is 18.2 Å². The number of hydrogen-bond donors (Lipinski definition) is 1. The summed E-state index contributed by atoms with van der Waals surface area (Å²) in [7, 11) is 0. The van der Waals surface area contributed by atoms with Gasteiger partial charge in [-0.15, -0.1) is 0 Å². The van der Waals surface area contributed by atoms with Crippen molar-refractivity contribution < 1.29 is 0 Å². The van der Waals surface area contributed by atoms with Crippen molar-refractivity contribution in [2.75, 3.05) is 5.73 Å². The molecule has 2 aromatic rings. The predicted molar refractivity (Wildman–Crippen MR) is 63.6 cm³/mol. The first kappa shape index (κ1) is 10.7. The van der Waals surface area contributed by atoms with E-state index < -0.39 is 0 Å². The lowest BCUT2D eigenvalue weighted by Crippen LogP contribution is -1.90. The normalized spacial score (nSPS) is 10.5. The van der Waals surface area contributed by atoms with Gasteiger partial charge in [0.1, 0.15) is 5.01 Å². The first-order chi connectivity index (χ1) is 7.15. The summed E-state index contributed by atoms with van der Waals surface area (Å²) < 4.78 is 3.90. The number of anilines is 1. The summed E-state index contributed by atoms with van der Waals surface area (Å²) in [5.74, 6) is 0.315. The molecule has 0 unspecified atom stereocenters. The van der Waals surface area contributed by atoms with Gasteiger partial charge in [-0.2, -0.15) is 4.37 Å². The summed E-state index contributed by atoms with van der Waals surface area (Å²) in [5.41, 5.74) is 6.47. The molecule has 1 aromatic heterocycles. The third kappa shape index (κ3) is 2.59. The van der Waals surface area contributed by atoms with Gasteiger partial charge in [-0.3, -0.25) is 0 Å². The fourth-order valence-corrected chi connectivity index (χ4v) is 2.09. The van der Waals surface area contributed by atoms with Crippen molar-refractivity contribution in [1.29, 1.82) is 0 Å².